The van der Waals surface area contributed by atoms with Crippen molar-refractivity contribution in [2.24, 2.45) is 5.41 Å². The molecule has 0 bridgehead atoms. The van der Waals surface area contributed by atoms with Crippen molar-refractivity contribution in [2.75, 3.05) is 0 Å². The fourth-order valence-electron chi connectivity index (χ4n) is 4.31. The van der Waals surface area contributed by atoms with Gasteiger partial charge in [0, 0.05) is 35.7 Å². The van der Waals surface area contributed by atoms with Gasteiger partial charge in [-0.3, -0.25) is 24.7 Å². The summed E-state index contributed by atoms with van der Waals surface area (Å²) in [6.07, 6.45) is 3.79. The minimum Gasteiger partial charge on any atom is -0.296 e. The summed E-state index contributed by atoms with van der Waals surface area (Å²) in [5.74, 6) is 0.147. The number of amides is 2. The predicted octanol–water partition coefficient (Wildman–Crippen LogP) is 4.24. The molecule has 1 aromatic heterocycles. The van der Waals surface area contributed by atoms with E-state index in [0.29, 0.717) is 24.3 Å². The maximum atomic E-state index is 12.7. The van der Waals surface area contributed by atoms with Crippen molar-refractivity contribution in [3.63, 3.8) is 0 Å². The molecule has 5 nitrogen and oxygen atoms in total. The Bertz CT molecular complexity index is 1010. The SMILES string of the molecule is Cc1cc(CCC(=O)c2ccc([C@@H](C)[C@]3(C)CC(=O)NC3=O)cc2)cc(C2CC2)n1. The molecule has 1 aliphatic carbocycles. The Kier molecular flexibility index (Phi) is 5.31. The second kappa shape index (κ2) is 7.78. The highest BCUT2D eigenvalue weighted by atomic mass is 16.2. The van der Waals surface area contributed by atoms with Crippen LogP contribution in [0.25, 0.3) is 0 Å². The molecule has 2 aliphatic rings. The lowest BCUT2D eigenvalue weighted by Gasteiger charge is -2.28. The summed E-state index contributed by atoms with van der Waals surface area (Å²) < 4.78 is 0. The molecule has 5 heteroatoms. The lowest BCUT2D eigenvalue weighted by atomic mass is 9.73. The van der Waals surface area contributed by atoms with E-state index in [9.17, 15) is 14.4 Å². The molecule has 1 aromatic carbocycles. The van der Waals surface area contributed by atoms with Crippen LogP contribution >= 0.6 is 0 Å². The van der Waals surface area contributed by atoms with Gasteiger partial charge in [0.25, 0.3) is 0 Å². The Balaban J connectivity index is 1.41. The quantitative estimate of drug-likeness (QED) is 0.553. The Labute approximate surface area is 177 Å². The average molecular weight is 405 g/mol. The van der Waals surface area contributed by atoms with Gasteiger partial charge in [0.2, 0.25) is 11.8 Å². The van der Waals surface area contributed by atoms with E-state index in [1.54, 1.807) is 0 Å². The normalized spacial score (nSPS) is 22.1. The molecule has 2 heterocycles. The molecule has 156 valence electrons. The number of carbonyl (C=O) groups excluding carboxylic acids is 3. The van der Waals surface area contributed by atoms with Gasteiger partial charge in [0.15, 0.2) is 5.78 Å². The lowest BCUT2D eigenvalue weighted by molar-refractivity contribution is -0.128. The Hall–Kier alpha value is -2.82. The number of ketones is 1. The number of aromatic nitrogens is 1. The van der Waals surface area contributed by atoms with Gasteiger partial charge in [-0.25, -0.2) is 0 Å². The van der Waals surface area contributed by atoms with Crippen LogP contribution in [0.1, 0.15) is 84.2 Å². The van der Waals surface area contributed by atoms with Crippen LogP contribution in [0, 0.1) is 12.3 Å². The first kappa shape index (κ1) is 20.5. The van der Waals surface area contributed by atoms with E-state index in [1.807, 2.05) is 45.0 Å². The van der Waals surface area contributed by atoms with Crippen molar-refractivity contribution in [1.29, 1.82) is 0 Å². The summed E-state index contributed by atoms with van der Waals surface area (Å²) in [6, 6.07) is 11.7. The van der Waals surface area contributed by atoms with Gasteiger partial charge < -0.3 is 0 Å². The highest BCUT2D eigenvalue weighted by molar-refractivity contribution is 6.06. The number of pyridine rings is 1. The summed E-state index contributed by atoms with van der Waals surface area (Å²) in [6.45, 7) is 5.79. The summed E-state index contributed by atoms with van der Waals surface area (Å²) >= 11 is 0. The molecule has 2 amide bonds. The van der Waals surface area contributed by atoms with Gasteiger partial charge in [0.05, 0.1) is 5.41 Å². The third-order valence-electron chi connectivity index (χ3n) is 6.66. The molecule has 0 unspecified atom stereocenters. The summed E-state index contributed by atoms with van der Waals surface area (Å²) in [5.41, 5.74) is 4.24. The second-order valence-corrected chi connectivity index (χ2v) is 9.05. The van der Waals surface area contributed by atoms with Crippen LogP contribution in [0.5, 0.6) is 0 Å². The van der Waals surface area contributed by atoms with E-state index >= 15 is 0 Å². The highest BCUT2D eigenvalue weighted by Crippen LogP contribution is 2.41. The Morgan fingerprint density at radius 1 is 1.20 bits per heavy atom. The summed E-state index contributed by atoms with van der Waals surface area (Å²) in [5, 5.41) is 2.40. The van der Waals surface area contributed by atoms with E-state index in [2.05, 4.69) is 22.4 Å². The van der Waals surface area contributed by atoms with Gasteiger partial charge in [-0.2, -0.15) is 0 Å². The van der Waals surface area contributed by atoms with Crippen molar-refractivity contribution in [3.05, 3.63) is 64.5 Å². The minimum atomic E-state index is -0.749. The minimum absolute atomic E-state index is 0.108. The maximum Gasteiger partial charge on any atom is 0.233 e. The monoisotopic (exact) mass is 404 g/mol. The number of nitrogens with one attached hydrogen (secondary N) is 1. The van der Waals surface area contributed by atoms with E-state index < -0.39 is 5.41 Å². The van der Waals surface area contributed by atoms with Gasteiger partial charge in [-0.05, 0) is 62.3 Å². The van der Waals surface area contributed by atoms with Crippen LogP contribution in [0.3, 0.4) is 0 Å². The second-order valence-electron chi connectivity index (χ2n) is 9.05. The van der Waals surface area contributed by atoms with Crippen molar-refractivity contribution in [2.45, 2.75) is 64.7 Å². The van der Waals surface area contributed by atoms with Crippen LogP contribution in [-0.2, 0) is 16.0 Å². The van der Waals surface area contributed by atoms with Crippen LogP contribution < -0.4 is 5.32 Å². The molecule has 2 atom stereocenters. The largest absolute Gasteiger partial charge is 0.296 e. The van der Waals surface area contributed by atoms with Gasteiger partial charge >= 0.3 is 0 Å². The highest BCUT2D eigenvalue weighted by Gasteiger charge is 2.46. The third-order valence-corrected chi connectivity index (χ3v) is 6.66. The molecule has 4 rings (SSSR count). The molecule has 0 spiro atoms. The van der Waals surface area contributed by atoms with Crippen molar-refractivity contribution in [3.8, 4) is 0 Å². The number of benzene rings is 1. The molecule has 1 saturated carbocycles. The van der Waals surface area contributed by atoms with Crippen molar-refractivity contribution < 1.29 is 14.4 Å². The molecular weight excluding hydrogens is 376 g/mol. The van der Waals surface area contributed by atoms with Crippen LogP contribution in [0.4, 0.5) is 0 Å². The molecule has 1 saturated heterocycles. The summed E-state index contributed by atoms with van der Waals surface area (Å²) in [4.78, 5) is 41.2. The zero-order valence-electron chi connectivity index (χ0n) is 17.8. The van der Waals surface area contributed by atoms with Gasteiger partial charge in [-0.15, -0.1) is 0 Å². The van der Waals surface area contributed by atoms with Crippen LogP contribution in [0.2, 0.25) is 0 Å². The molecule has 0 radical (unpaired) electrons. The first-order valence-corrected chi connectivity index (χ1v) is 10.7. The number of Topliss-reactive ketones (excluding diaryl/α,β-unsaturated/α-hetero) is 1. The number of aryl methyl sites for hydroxylation is 2. The number of carbonyl (C=O) groups is 3. The lowest BCUT2D eigenvalue weighted by Crippen LogP contribution is -2.33. The standard InChI is InChI=1S/C25H28N2O3/c1-15-12-17(13-21(26-15)19-7-8-19)4-11-22(28)20-9-5-18(6-10-20)16(2)25(3)14-23(29)27-24(25)30/h5-6,9-10,12-13,16,19H,4,7-8,11,14H2,1-3H3,(H,27,29,30)/t16-,25+/m1/s1. The average Bonchev–Trinajstić information content (AvgIpc) is 3.52. The molecule has 2 aromatic rings. The number of imide groups is 1. The topological polar surface area (TPSA) is 76.1 Å². The number of hydrogen-bond acceptors (Lipinski definition) is 4. The van der Waals surface area contributed by atoms with Crippen LogP contribution in [0.15, 0.2) is 36.4 Å². The summed E-state index contributed by atoms with van der Waals surface area (Å²) in [7, 11) is 0. The predicted molar refractivity (Wildman–Crippen MR) is 114 cm³/mol. The molecule has 30 heavy (non-hydrogen) atoms. The first-order chi connectivity index (χ1) is 14.3. The molecule has 2 fully saturated rings. The molecular formula is C25H28N2O3. The fourth-order valence-corrected chi connectivity index (χ4v) is 4.31. The zero-order chi connectivity index (χ0) is 21.5. The van der Waals surface area contributed by atoms with E-state index in [1.165, 1.54) is 24.1 Å². The van der Waals surface area contributed by atoms with E-state index in [4.69, 9.17) is 0 Å². The maximum absolute atomic E-state index is 12.7. The van der Waals surface area contributed by atoms with Crippen molar-refractivity contribution in [1.82, 2.24) is 10.3 Å². The third kappa shape index (κ3) is 4.07. The molecule has 1 aliphatic heterocycles. The van der Waals surface area contributed by atoms with Crippen molar-refractivity contribution >= 4 is 17.6 Å². The first-order valence-electron chi connectivity index (χ1n) is 10.7. The Morgan fingerprint density at radius 2 is 1.90 bits per heavy atom. The van der Waals surface area contributed by atoms with Gasteiger partial charge in [0.1, 0.15) is 0 Å². The fraction of sp³-hybridized carbons (Fsp3) is 0.440. The smallest absolute Gasteiger partial charge is 0.233 e. The number of nitrogens with zero attached hydrogens (tertiary/aromatic N) is 1. The molecule has 1 N–H and O–H groups in total. The van der Waals surface area contributed by atoms with Gasteiger partial charge in [-0.1, -0.05) is 31.2 Å². The van der Waals surface area contributed by atoms with Crippen LogP contribution in [-0.4, -0.2) is 22.6 Å². The number of rotatable bonds is 7. The zero-order valence-corrected chi connectivity index (χ0v) is 17.8. The van der Waals surface area contributed by atoms with E-state index in [-0.39, 0.29) is 29.9 Å². The van der Waals surface area contributed by atoms with E-state index in [0.717, 1.165) is 11.3 Å². The Morgan fingerprint density at radius 3 is 2.50 bits per heavy atom. The number of hydrogen-bond donors (Lipinski definition) is 1.